The van der Waals surface area contributed by atoms with Gasteiger partial charge in [-0.15, -0.1) is 0 Å². The maximum absolute atomic E-state index is 5.99. The second kappa shape index (κ2) is 6.19. The number of hydrogen-bond donors (Lipinski definition) is 1. The summed E-state index contributed by atoms with van der Waals surface area (Å²) in [6, 6.07) is 4.57. The summed E-state index contributed by atoms with van der Waals surface area (Å²) in [5.41, 5.74) is 1.41. The van der Waals surface area contributed by atoms with Crippen LogP contribution in [0, 0.1) is 5.41 Å². The molecular formula is C16H25N3O. The van der Waals surface area contributed by atoms with Gasteiger partial charge in [0.1, 0.15) is 0 Å². The fourth-order valence-electron chi connectivity index (χ4n) is 4.01. The van der Waals surface area contributed by atoms with E-state index in [0.29, 0.717) is 17.6 Å². The van der Waals surface area contributed by atoms with Gasteiger partial charge in [-0.3, -0.25) is 0 Å². The van der Waals surface area contributed by atoms with Crippen LogP contribution in [0.4, 0.5) is 0 Å². The molecule has 1 heterocycles. The van der Waals surface area contributed by atoms with E-state index in [1.807, 2.05) is 12.1 Å². The summed E-state index contributed by atoms with van der Waals surface area (Å²) in [5.74, 6) is 0. The largest absolute Gasteiger partial charge is 0.378 e. The highest BCUT2D eigenvalue weighted by atomic mass is 16.5. The predicted octanol–water partition coefficient (Wildman–Crippen LogP) is 2.69. The Bertz CT molecular complexity index is 417. The van der Waals surface area contributed by atoms with Crippen molar-refractivity contribution in [3.8, 4) is 0 Å². The van der Waals surface area contributed by atoms with Gasteiger partial charge in [0.15, 0.2) is 0 Å². The Balaban J connectivity index is 1.61. The van der Waals surface area contributed by atoms with Crippen molar-refractivity contribution in [2.45, 2.75) is 64.1 Å². The zero-order valence-electron chi connectivity index (χ0n) is 12.3. The molecule has 2 aliphatic carbocycles. The molecule has 1 aromatic heterocycles. The van der Waals surface area contributed by atoms with Crippen molar-refractivity contribution in [3.63, 3.8) is 0 Å². The fraction of sp³-hybridized carbons (Fsp3) is 0.750. The minimum atomic E-state index is 0.385. The monoisotopic (exact) mass is 275 g/mol. The maximum Gasteiger partial charge on any atom is 0.0769 e. The molecule has 2 aliphatic rings. The van der Waals surface area contributed by atoms with Gasteiger partial charge in [-0.2, -0.15) is 10.2 Å². The van der Waals surface area contributed by atoms with Crippen LogP contribution in [-0.2, 0) is 11.3 Å². The van der Waals surface area contributed by atoms with Crippen molar-refractivity contribution < 1.29 is 4.74 Å². The van der Waals surface area contributed by atoms with E-state index in [1.54, 1.807) is 6.20 Å². The molecule has 0 bridgehead atoms. The summed E-state index contributed by atoms with van der Waals surface area (Å²) in [6.45, 7) is 3.76. The molecule has 0 amide bonds. The standard InChI is InChI=1S/C16H25N3O/c1-2-20-15-11-14(16(15)8-4-3-5-9-16)17-12-13-7-6-10-18-19-13/h6-7,10,14-15,17H,2-5,8-9,11-12H2,1H3. The van der Waals surface area contributed by atoms with Crippen molar-refractivity contribution in [1.29, 1.82) is 0 Å². The van der Waals surface area contributed by atoms with Crippen LogP contribution in [0.3, 0.4) is 0 Å². The van der Waals surface area contributed by atoms with Crippen LogP contribution >= 0.6 is 0 Å². The molecule has 2 unspecified atom stereocenters. The van der Waals surface area contributed by atoms with Gasteiger partial charge in [0, 0.05) is 30.8 Å². The Kier molecular flexibility index (Phi) is 4.32. The van der Waals surface area contributed by atoms with E-state index in [2.05, 4.69) is 22.4 Å². The number of hydrogen-bond acceptors (Lipinski definition) is 4. The molecule has 110 valence electrons. The van der Waals surface area contributed by atoms with Crippen LogP contribution in [0.5, 0.6) is 0 Å². The van der Waals surface area contributed by atoms with E-state index < -0.39 is 0 Å². The van der Waals surface area contributed by atoms with Gasteiger partial charge < -0.3 is 10.1 Å². The van der Waals surface area contributed by atoms with Crippen molar-refractivity contribution in [2.24, 2.45) is 5.41 Å². The van der Waals surface area contributed by atoms with E-state index in [9.17, 15) is 0 Å². The second-order valence-corrected chi connectivity index (χ2v) is 6.12. The summed E-state index contributed by atoms with van der Waals surface area (Å²) < 4.78 is 5.99. The average molecular weight is 275 g/mol. The van der Waals surface area contributed by atoms with Crippen molar-refractivity contribution in [2.75, 3.05) is 6.61 Å². The normalized spacial score (nSPS) is 28.2. The van der Waals surface area contributed by atoms with Crippen molar-refractivity contribution in [3.05, 3.63) is 24.0 Å². The Morgan fingerprint density at radius 1 is 1.35 bits per heavy atom. The first-order valence-electron chi connectivity index (χ1n) is 7.97. The van der Waals surface area contributed by atoms with Crippen LogP contribution in [-0.4, -0.2) is 29.0 Å². The minimum Gasteiger partial charge on any atom is -0.378 e. The maximum atomic E-state index is 5.99. The lowest BCUT2D eigenvalue weighted by atomic mass is 9.55. The molecule has 4 heteroatoms. The third-order valence-electron chi connectivity index (χ3n) is 5.09. The Hall–Kier alpha value is -1.00. The summed E-state index contributed by atoms with van der Waals surface area (Å²) in [5, 5.41) is 11.8. The van der Waals surface area contributed by atoms with E-state index in [1.165, 1.54) is 32.1 Å². The van der Waals surface area contributed by atoms with E-state index in [4.69, 9.17) is 4.74 Å². The molecule has 4 nitrogen and oxygen atoms in total. The molecule has 1 N–H and O–H groups in total. The summed E-state index contributed by atoms with van der Waals surface area (Å²) >= 11 is 0. The van der Waals surface area contributed by atoms with Gasteiger partial charge in [-0.05, 0) is 38.3 Å². The molecule has 3 rings (SSSR count). The van der Waals surface area contributed by atoms with E-state index >= 15 is 0 Å². The van der Waals surface area contributed by atoms with Crippen LogP contribution in [0.25, 0.3) is 0 Å². The van der Waals surface area contributed by atoms with Gasteiger partial charge in [-0.1, -0.05) is 19.3 Å². The molecule has 1 spiro atoms. The number of rotatable bonds is 5. The zero-order chi connectivity index (χ0) is 13.8. The molecule has 2 fully saturated rings. The molecule has 2 atom stereocenters. The van der Waals surface area contributed by atoms with Gasteiger partial charge in [-0.25, -0.2) is 0 Å². The Morgan fingerprint density at radius 3 is 2.90 bits per heavy atom. The lowest BCUT2D eigenvalue weighted by Gasteiger charge is -2.58. The summed E-state index contributed by atoms with van der Waals surface area (Å²) in [4.78, 5) is 0. The molecule has 1 aromatic rings. The topological polar surface area (TPSA) is 47.0 Å². The van der Waals surface area contributed by atoms with Crippen LogP contribution in [0.1, 0.15) is 51.1 Å². The number of ether oxygens (including phenoxy) is 1. The minimum absolute atomic E-state index is 0.385. The van der Waals surface area contributed by atoms with Crippen LogP contribution in [0.15, 0.2) is 18.3 Å². The smallest absolute Gasteiger partial charge is 0.0769 e. The van der Waals surface area contributed by atoms with Gasteiger partial charge >= 0.3 is 0 Å². The number of nitrogens with one attached hydrogen (secondary N) is 1. The predicted molar refractivity (Wildman–Crippen MR) is 78.2 cm³/mol. The van der Waals surface area contributed by atoms with E-state index in [0.717, 1.165) is 25.3 Å². The second-order valence-electron chi connectivity index (χ2n) is 6.12. The molecule has 0 aliphatic heterocycles. The SMILES string of the molecule is CCOC1CC(NCc2cccnn2)C12CCCCC2. The molecular weight excluding hydrogens is 250 g/mol. The van der Waals surface area contributed by atoms with Crippen molar-refractivity contribution in [1.82, 2.24) is 15.5 Å². The van der Waals surface area contributed by atoms with Gasteiger partial charge in [0.2, 0.25) is 0 Å². The first-order chi connectivity index (χ1) is 9.85. The lowest BCUT2D eigenvalue weighted by Crippen LogP contribution is -2.64. The fourth-order valence-corrected chi connectivity index (χ4v) is 4.01. The first-order valence-corrected chi connectivity index (χ1v) is 7.97. The van der Waals surface area contributed by atoms with Crippen molar-refractivity contribution >= 4 is 0 Å². The molecule has 20 heavy (non-hydrogen) atoms. The molecule has 0 saturated heterocycles. The number of aromatic nitrogens is 2. The quantitative estimate of drug-likeness (QED) is 0.897. The van der Waals surface area contributed by atoms with Crippen LogP contribution < -0.4 is 5.32 Å². The third kappa shape index (κ3) is 2.59. The highest BCUT2D eigenvalue weighted by molar-refractivity contribution is 5.10. The molecule has 2 saturated carbocycles. The Morgan fingerprint density at radius 2 is 2.20 bits per heavy atom. The van der Waals surface area contributed by atoms with Gasteiger partial charge in [0.05, 0.1) is 11.8 Å². The Labute approximate surface area is 121 Å². The van der Waals surface area contributed by atoms with Gasteiger partial charge in [0.25, 0.3) is 0 Å². The highest BCUT2D eigenvalue weighted by Crippen LogP contribution is 2.53. The van der Waals surface area contributed by atoms with E-state index in [-0.39, 0.29) is 0 Å². The molecule has 0 radical (unpaired) electrons. The molecule has 0 aromatic carbocycles. The first kappa shape index (κ1) is 14.0. The highest BCUT2D eigenvalue weighted by Gasteiger charge is 2.55. The lowest BCUT2D eigenvalue weighted by molar-refractivity contribution is -0.150. The third-order valence-corrected chi connectivity index (χ3v) is 5.09. The summed E-state index contributed by atoms with van der Waals surface area (Å²) in [6.07, 6.45) is 10.1. The van der Waals surface area contributed by atoms with Crippen LogP contribution in [0.2, 0.25) is 0 Å². The zero-order valence-corrected chi connectivity index (χ0v) is 12.3. The average Bonchev–Trinajstić information content (AvgIpc) is 2.52. The number of nitrogens with zero attached hydrogens (tertiary/aromatic N) is 2. The summed E-state index contributed by atoms with van der Waals surface area (Å²) in [7, 11) is 0.